The van der Waals surface area contributed by atoms with Gasteiger partial charge in [-0.25, -0.2) is 4.79 Å². The fraction of sp³-hybridized carbons (Fsp3) is 0.333. The topological polar surface area (TPSA) is 105 Å². The Morgan fingerprint density at radius 1 is 1.39 bits per heavy atom. The first-order valence-electron chi connectivity index (χ1n) is 5.35. The standard InChI is InChI=1S/C12H16N2O4/c1-7(11(14)15)6-18-12(16)8-3-4-9(13)10(5-8)17-2/h3-5,7H,6,13H2,1-2H3,(H2,14,15). The van der Waals surface area contributed by atoms with E-state index in [1.807, 2.05) is 0 Å². The zero-order valence-electron chi connectivity index (χ0n) is 10.3. The summed E-state index contributed by atoms with van der Waals surface area (Å²) in [5.41, 5.74) is 11.4. The van der Waals surface area contributed by atoms with E-state index < -0.39 is 17.8 Å². The molecule has 4 N–H and O–H groups in total. The van der Waals surface area contributed by atoms with Crippen LogP contribution >= 0.6 is 0 Å². The molecule has 1 atom stereocenters. The molecule has 1 rings (SSSR count). The lowest BCUT2D eigenvalue weighted by Gasteiger charge is -2.10. The van der Waals surface area contributed by atoms with Crippen molar-refractivity contribution < 1.29 is 19.1 Å². The summed E-state index contributed by atoms with van der Waals surface area (Å²) >= 11 is 0. The zero-order valence-corrected chi connectivity index (χ0v) is 10.3. The molecule has 0 aromatic heterocycles. The van der Waals surface area contributed by atoms with Crippen LogP contribution in [0, 0.1) is 5.92 Å². The Bertz CT molecular complexity index is 459. The summed E-state index contributed by atoms with van der Waals surface area (Å²) in [5.74, 6) is -1.20. The predicted molar refractivity (Wildman–Crippen MR) is 66.0 cm³/mol. The van der Waals surface area contributed by atoms with E-state index in [-0.39, 0.29) is 6.61 Å². The molecule has 0 aliphatic rings. The Hall–Kier alpha value is -2.24. The number of hydrogen-bond donors (Lipinski definition) is 2. The van der Waals surface area contributed by atoms with Gasteiger partial charge in [0.05, 0.1) is 24.3 Å². The monoisotopic (exact) mass is 252 g/mol. The van der Waals surface area contributed by atoms with Crippen molar-refractivity contribution >= 4 is 17.6 Å². The van der Waals surface area contributed by atoms with Crippen LogP contribution in [0.5, 0.6) is 5.75 Å². The van der Waals surface area contributed by atoms with E-state index in [0.717, 1.165) is 0 Å². The molecular weight excluding hydrogens is 236 g/mol. The highest BCUT2D eigenvalue weighted by molar-refractivity contribution is 5.91. The Morgan fingerprint density at radius 2 is 2.06 bits per heavy atom. The number of ether oxygens (including phenoxy) is 2. The van der Waals surface area contributed by atoms with Gasteiger partial charge >= 0.3 is 5.97 Å². The molecule has 98 valence electrons. The van der Waals surface area contributed by atoms with Gasteiger partial charge in [0.25, 0.3) is 0 Å². The van der Waals surface area contributed by atoms with Crippen molar-refractivity contribution in [3.8, 4) is 5.75 Å². The van der Waals surface area contributed by atoms with Crippen molar-refractivity contribution in [3.05, 3.63) is 23.8 Å². The highest BCUT2D eigenvalue weighted by Crippen LogP contribution is 2.22. The van der Waals surface area contributed by atoms with E-state index in [1.54, 1.807) is 13.0 Å². The average Bonchev–Trinajstić information content (AvgIpc) is 2.35. The summed E-state index contributed by atoms with van der Waals surface area (Å²) in [7, 11) is 1.45. The summed E-state index contributed by atoms with van der Waals surface area (Å²) in [6, 6.07) is 4.55. The number of amides is 1. The minimum absolute atomic E-state index is 0.0547. The van der Waals surface area contributed by atoms with E-state index in [9.17, 15) is 9.59 Å². The van der Waals surface area contributed by atoms with Crippen LogP contribution in [0.3, 0.4) is 0 Å². The van der Waals surface area contributed by atoms with Crippen LogP contribution in [0.25, 0.3) is 0 Å². The molecule has 1 aromatic carbocycles. The molecule has 0 radical (unpaired) electrons. The highest BCUT2D eigenvalue weighted by atomic mass is 16.5. The summed E-state index contributed by atoms with van der Waals surface area (Å²) in [4.78, 5) is 22.5. The second-order valence-corrected chi connectivity index (χ2v) is 3.86. The van der Waals surface area contributed by atoms with Crippen LogP contribution in [0.15, 0.2) is 18.2 Å². The summed E-state index contributed by atoms with van der Waals surface area (Å²) in [6.45, 7) is 1.53. The Labute approximate surface area is 105 Å². The minimum Gasteiger partial charge on any atom is -0.495 e. The summed E-state index contributed by atoms with van der Waals surface area (Å²) in [6.07, 6.45) is 0. The zero-order chi connectivity index (χ0) is 13.7. The van der Waals surface area contributed by atoms with Crippen molar-refractivity contribution in [3.63, 3.8) is 0 Å². The number of rotatable bonds is 5. The first-order chi connectivity index (χ1) is 8.45. The van der Waals surface area contributed by atoms with Crippen molar-refractivity contribution in [2.45, 2.75) is 6.92 Å². The van der Waals surface area contributed by atoms with E-state index in [4.69, 9.17) is 20.9 Å². The number of anilines is 1. The van der Waals surface area contributed by atoms with E-state index >= 15 is 0 Å². The second kappa shape index (κ2) is 5.90. The molecule has 0 bridgehead atoms. The molecule has 18 heavy (non-hydrogen) atoms. The minimum atomic E-state index is -0.554. The van der Waals surface area contributed by atoms with E-state index in [2.05, 4.69) is 0 Å². The number of nitrogen functional groups attached to an aromatic ring is 1. The summed E-state index contributed by atoms with van der Waals surface area (Å²) < 4.78 is 9.95. The molecular formula is C12H16N2O4. The Morgan fingerprint density at radius 3 is 2.61 bits per heavy atom. The molecule has 6 nitrogen and oxygen atoms in total. The second-order valence-electron chi connectivity index (χ2n) is 3.86. The van der Waals surface area contributed by atoms with Crippen LogP contribution in [0.2, 0.25) is 0 Å². The van der Waals surface area contributed by atoms with Crippen LogP contribution in [0.1, 0.15) is 17.3 Å². The number of nitrogens with two attached hydrogens (primary N) is 2. The number of esters is 1. The quantitative estimate of drug-likeness (QED) is 0.588. The van der Waals surface area contributed by atoms with Crippen LogP contribution < -0.4 is 16.2 Å². The lowest BCUT2D eigenvalue weighted by atomic mass is 10.2. The SMILES string of the molecule is COc1cc(C(=O)OCC(C)C(N)=O)ccc1N. The number of carbonyl (C=O) groups excluding carboxylic acids is 2. The van der Waals surface area contributed by atoms with Gasteiger partial charge in [-0.15, -0.1) is 0 Å². The predicted octanol–water partition coefficient (Wildman–Crippen LogP) is 0.556. The average molecular weight is 252 g/mol. The van der Waals surface area contributed by atoms with Crippen LogP contribution in [-0.2, 0) is 9.53 Å². The molecule has 0 spiro atoms. The van der Waals surface area contributed by atoms with Gasteiger partial charge in [-0.1, -0.05) is 6.92 Å². The van der Waals surface area contributed by atoms with Crippen molar-refractivity contribution in [1.29, 1.82) is 0 Å². The lowest BCUT2D eigenvalue weighted by Crippen LogP contribution is -2.25. The molecule has 0 saturated heterocycles. The van der Waals surface area contributed by atoms with Gasteiger partial charge < -0.3 is 20.9 Å². The molecule has 1 aromatic rings. The van der Waals surface area contributed by atoms with Gasteiger partial charge in [0.1, 0.15) is 12.4 Å². The molecule has 0 heterocycles. The van der Waals surface area contributed by atoms with Crippen molar-refractivity contribution in [1.82, 2.24) is 0 Å². The number of hydrogen-bond acceptors (Lipinski definition) is 5. The molecule has 0 aliphatic carbocycles. The summed E-state index contributed by atoms with van der Waals surface area (Å²) in [5, 5.41) is 0. The fourth-order valence-electron chi connectivity index (χ4n) is 1.20. The normalized spacial score (nSPS) is 11.7. The van der Waals surface area contributed by atoms with Crippen LogP contribution in [0.4, 0.5) is 5.69 Å². The Balaban J connectivity index is 2.70. The number of methoxy groups -OCH3 is 1. The van der Waals surface area contributed by atoms with Crippen molar-refractivity contribution in [2.75, 3.05) is 19.5 Å². The maximum atomic E-state index is 11.7. The first-order valence-corrected chi connectivity index (χ1v) is 5.35. The fourth-order valence-corrected chi connectivity index (χ4v) is 1.20. The number of benzene rings is 1. The third-order valence-electron chi connectivity index (χ3n) is 2.42. The lowest BCUT2D eigenvalue weighted by molar-refractivity contribution is -0.122. The van der Waals surface area contributed by atoms with Gasteiger partial charge in [0.2, 0.25) is 5.91 Å². The number of carbonyl (C=O) groups is 2. The van der Waals surface area contributed by atoms with Crippen molar-refractivity contribution in [2.24, 2.45) is 11.7 Å². The maximum absolute atomic E-state index is 11.7. The van der Waals surface area contributed by atoms with Crippen LogP contribution in [-0.4, -0.2) is 25.6 Å². The Kier molecular flexibility index (Phi) is 4.53. The largest absolute Gasteiger partial charge is 0.495 e. The molecule has 0 aliphatic heterocycles. The molecule has 1 amide bonds. The smallest absolute Gasteiger partial charge is 0.338 e. The molecule has 6 heteroatoms. The number of primary amides is 1. The van der Waals surface area contributed by atoms with E-state index in [0.29, 0.717) is 17.0 Å². The van der Waals surface area contributed by atoms with Gasteiger partial charge in [0.15, 0.2) is 0 Å². The van der Waals surface area contributed by atoms with Gasteiger partial charge in [-0.3, -0.25) is 4.79 Å². The van der Waals surface area contributed by atoms with Gasteiger partial charge in [-0.05, 0) is 18.2 Å². The molecule has 1 unspecified atom stereocenters. The molecule has 0 fully saturated rings. The first kappa shape index (κ1) is 13.8. The van der Waals surface area contributed by atoms with E-state index in [1.165, 1.54) is 19.2 Å². The van der Waals surface area contributed by atoms with Gasteiger partial charge in [-0.2, -0.15) is 0 Å². The third-order valence-corrected chi connectivity index (χ3v) is 2.42. The highest BCUT2D eigenvalue weighted by Gasteiger charge is 2.14. The maximum Gasteiger partial charge on any atom is 0.338 e. The molecule has 0 saturated carbocycles. The third kappa shape index (κ3) is 3.38. The van der Waals surface area contributed by atoms with Gasteiger partial charge in [0, 0.05) is 0 Å².